The molecular weight excluding hydrogens is 192 g/mol. The van der Waals surface area contributed by atoms with Gasteiger partial charge in [-0.25, -0.2) is 8.78 Å². The van der Waals surface area contributed by atoms with Crippen molar-refractivity contribution in [3.05, 3.63) is 27.7 Å². The van der Waals surface area contributed by atoms with Crippen LogP contribution < -0.4 is 11.3 Å². The number of nitrogen functional groups attached to an aromatic ring is 1. The zero-order valence-electron chi connectivity index (χ0n) is 7.05. The van der Waals surface area contributed by atoms with E-state index in [0.717, 1.165) is 6.20 Å². The van der Waals surface area contributed by atoms with Crippen LogP contribution >= 0.6 is 0 Å². The Morgan fingerprint density at radius 2 is 2.29 bits per heavy atom. The first-order valence-electron chi connectivity index (χ1n) is 3.73. The number of nitriles is 1. The molecule has 1 heterocycles. The van der Waals surface area contributed by atoms with E-state index in [0.29, 0.717) is 0 Å². The number of nitrogens with two attached hydrogens (primary N) is 1. The minimum atomic E-state index is -2.85. The average Bonchev–Trinajstić information content (AvgIpc) is 2.11. The number of H-pyrrole nitrogens is 1. The molecule has 6 heteroatoms. The highest BCUT2D eigenvalue weighted by Crippen LogP contribution is 2.26. The summed E-state index contributed by atoms with van der Waals surface area (Å²) in [7, 11) is 0. The van der Waals surface area contributed by atoms with Gasteiger partial charge in [0.05, 0.1) is 23.7 Å². The number of aromatic nitrogens is 1. The van der Waals surface area contributed by atoms with E-state index in [-0.39, 0.29) is 17.7 Å². The lowest BCUT2D eigenvalue weighted by molar-refractivity contribution is 0.151. The standard InChI is InChI=1S/C8H7F2N3O/c9-7(10)6-4(1-2-11)8(14)13-3-5(6)12/h3,7H,1,12H2,(H,13,14). The summed E-state index contributed by atoms with van der Waals surface area (Å²) in [6.07, 6.45) is -2.22. The maximum Gasteiger partial charge on any atom is 0.266 e. The highest BCUT2D eigenvalue weighted by molar-refractivity contribution is 5.49. The van der Waals surface area contributed by atoms with Gasteiger partial charge in [-0.15, -0.1) is 0 Å². The quantitative estimate of drug-likeness (QED) is 0.744. The first kappa shape index (κ1) is 10.2. The fourth-order valence-electron chi connectivity index (χ4n) is 1.12. The Balaban J connectivity index is 3.43. The summed E-state index contributed by atoms with van der Waals surface area (Å²) in [4.78, 5) is 13.3. The van der Waals surface area contributed by atoms with Crippen LogP contribution in [0.2, 0.25) is 0 Å². The third-order valence-electron chi connectivity index (χ3n) is 1.74. The highest BCUT2D eigenvalue weighted by Gasteiger charge is 2.18. The predicted molar refractivity (Wildman–Crippen MR) is 45.7 cm³/mol. The second-order valence-electron chi connectivity index (χ2n) is 2.60. The van der Waals surface area contributed by atoms with Crippen molar-refractivity contribution in [2.75, 3.05) is 5.73 Å². The summed E-state index contributed by atoms with van der Waals surface area (Å²) < 4.78 is 24.9. The minimum Gasteiger partial charge on any atom is -0.397 e. The number of halogens is 2. The van der Waals surface area contributed by atoms with Crippen molar-refractivity contribution in [2.45, 2.75) is 12.8 Å². The van der Waals surface area contributed by atoms with E-state index in [1.165, 1.54) is 0 Å². The number of hydrogen-bond donors (Lipinski definition) is 2. The number of hydrogen-bond acceptors (Lipinski definition) is 3. The fourth-order valence-corrected chi connectivity index (χ4v) is 1.12. The number of nitrogens with one attached hydrogen (secondary N) is 1. The first-order valence-corrected chi connectivity index (χ1v) is 3.73. The molecule has 14 heavy (non-hydrogen) atoms. The summed E-state index contributed by atoms with van der Waals surface area (Å²) in [6.45, 7) is 0. The Morgan fingerprint density at radius 1 is 1.64 bits per heavy atom. The van der Waals surface area contributed by atoms with Gasteiger partial charge in [-0.2, -0.15) is 5.26 Å². The predicted octanol–water partition coefficient (Wildman–Crippen LogP) is 0.961. The zero-order chi connectivity index (χ0) is 10.7. The molecule has 0 aromatic carbocycles. The third-order valence-corrected chi connectivity index (χ3v) is 1.74. The van der Waals surface area contributed by atoms with Crippen LogP contribution in [0, 0.1) is 11.3 Å². The molecule has 0 fully saturated rings. The van der Waals surface area contributed by atoms with Gasteiger partial charge in [-0.1, -0.05) is 0 Å². The molecule has 0 unspecified atom stereocenters. The molecule has 1 rings (SSSR count). The maximum atomic E-state index is 12.4. The van der Waals surface area contributed by atoms with Crippen LogP contribution in [-0.2, 0) is 6.42 Å². The smallest absolute Gasteiger partial charge is 0.266 e. The largest absolute Gasteiger partial charge is 0.397 e. The molecule has 0 saturated heterocycles. The molecule has 0 bridgehead atoms. The van der Waals surface area contributed by atoms with Gasteiger partial charge in [0.1, 0.15) is 0 Å². The van der Waals surface area contributed by atoms with Crippen molar-refractivity contribution in [3.8, 4) is 6.07 Å². The third kappa shape index (κ3) is 1.71. The fraction of sp³-hybridized carbons (Fsp3) is 0.250. The van der Waals surface area contributed by atoms with Gasteiger partial charge >= 0.3 is 0 Å². The van der Waals surface area contributed by atoms with Crippen molar-refractivity contribution in [3.63, 3.8) is 0 Å². The second kappa shape index (κ2) is 3.87. The molecular formula is C8H7F2N3O. The van der Waals surface area contributed by atoms with Gasteiger partial charge in [0.25, 0.3) is 12.0 Å². The van der Waals surface area contributed by atoms with E-state index in [9.17, 15) is 13.6 Å². The SMILES string of the molecule is N#CCc1c(C(F)F)c(N)c[nH]c1=O. The van der Waals surface area contributed by atoms with Crippen molar-refractivity contribution < 1.29 is 8.78 Å². The molecule has 0 radical (unpaired) electrons. The molecule has 0 aliphatic heterocycles. The molecule has 0 spiro atoms. The normalized spacial score (nSPS) is 10.1. The van der Waals surface area contributed by atoms with Crippen LogP contribution in [0.1, 0.15) is 17.6 Å². The van der Waals surface area contributed by atoms with Crippen LogP contribution in [0.25, 0.3) is 0 Å². The van der Waals surface area contributed by atoms with E-state index in [4.69, 9.17) is 11.0 Å². The van der Waals surface area contributed by atoms with Crippen molar-refractivity contribution >= 4 is 5.69 Å². The second-order valence-corrected chi connectivity index (χ2v) is 2.60. The molecule has 74 valence electrons. The minimum absolute atomic E-state index is 0.204. The van der Waals surface area contributed by atoms with Crippen LogP contribution in [0.4, 0.5) is 14.5 Å². The lowest BCUT2D eigenvalue weighted by Crippen LogP contribution is -2.17. The molecule has 4 nitrogen and oxygen atoms in total. The van der Waals surface area contributed by atoms with Crippen LogP contribution in [0.15, 0.2) is 11.0 Å². The topological polar surface area (TPSA) is 82.7 Å². The van der Waals surface area contributed by atoms with Crippen LogP contribution in [-0.4, -0.2) is 4.98 Å². The van der Waals surface area contributed by atoms with E-state index in [2.05, 4.69) is 4.98 Å². The Morgan fingerprint density at radius 3 is 2.79 bits per heavy atom. The summed E-state index contributed by atoms with van der Waals surface area (Å²) >= 11 is 0. The van der Waals surface area contributed by atoms with E-state index >= 15 is 0 Å². The maximum absolute atomic E-state index is 12.4. The number of rotatable bonds is 2. The molecule has 0 aliphatic rings. The van der Waals surface area contributed by atoms with Gasteiger partial charge in [-0.05, 0) is 0 Å². The van der Waals surface area contributed by atoms with Crippen LogP contribution in [0.3, 0.4) is 0 Å². The van der Waals surface area contributed by atoms with E-state index < -0.39 is 17.5 Å². The summed E-state index contributed by atoms with van der Waals surface area (Å²) in [5.41, 5.74) is 3.55. The van der Waals surface area contributed by atoms with Gasteiger partial charge in [0.15, 0.2) is 0 Å². The Labute approximate surface area is 78.0 Å². The number of nitrogens with zero attached hydrogens (tertiary/aromatic N) is 1. The summed E-state index contributed by atoms with van der Waals surface area (Å²) in [5.74, 6) is 0. The van der Waals surface area contributed by atoms with Gasteiger partial charge in [-0.3, -0.25) is 4.79 Å². The number of anilines is 1. The van der Waals surface area contributed by atoms with Gasteiger partial charge in [0, 0.05) is 11.8 Å². The number of pyridine rings is 1. The average molecular weight is 199 g/mol. The Hall–Kier alpha value is -1.90. The molecule has 1 aromatic heterocycles. The molecule has 0 aliphatic carbocycles. The molecule has 0 atom stereocenters. The monoisotopic (exact) mass is 199 g/mol. The zero-order valence-corrected chi connectivity index (χ0v) is 7.05. The van der Waals surface area contributed by atoms with E-state index in [1.807, 2.05) is 0 Å². The Kier molecular flexibility index (Phi) is 2.82. The number of aromatic amines is 1. The highest BCUT2D eigenvalue weighted by atomic mass is 19.3. The summed E-state index contributed by atoms with van der Waals surface area (Å²) in [6, 6.07) is 1.64. The number of alkyl halides is 2. The van der Waals surface area contributed by atoms with Crippen molar-refractivity contribution in [2.24, 2.45) is 0 Å². The van der Waals surface area contributed by atoms with Gasteiger partial charge in [0.2, 0.25) is 0 Å². The molecule has 0 amide bonds. The lowest BCUT2D eigenvalue weighted by atomic mass is 10.1. The molecule has 0 saturated carbocycles. The first-order chi connectivity index (χ1) is 6.57. The molecule has 1 aromatic rings. The Bertz CT molecular complexity index is 433. The molecule has 3 N–H and O–H groups in total. The van der Waals surface area contributed by atoms with Crippen molar-refractivity contribution in [1.29, 1.82) is 5.26 Å². The van der Waals surface area contributed by atoms with Gasteiger partial charge < -0.3 is 10.7 Å². The van der Waals surface area contributed by atoms with Crippen LogP contribution in [0.5, 0.6) is 0 Å². The van der Waals surface area contributed by atoms with Crippen molar-refractivity contribution in [1.82, 2.24) is 4.98 Å². The van der Waals surface area contributed by atoms with E-state index in [1.54, 1.807) is 6.07 Å². The lowest BCUT2D eigenvalue weighted by Gasteiger charge is -2.07. The summed E-state index contributed by atoms with van der Waals surface area (Å²) in [5, 5.41) is 8.35.